The summed E-state index contributed by atoms with van der Waals surface area (Å²) in [6.07, 6.45) is 0. The number of nitrogens with two attached hydrogens (primary N) is 2. The van der Waals surface area contributed by atoms with E-state index in [1.165, 1.54) is 17.0 Å². The van der Waals surface area contributed by atoms with E-state index in [-0.39, 0.29) is 29.5 Å². The minimum absolute atomic E-state index is 0.0760. The number of allylic oxidation sites excluding steroid dienone is 1. The third-order valence-corrected chi connectivity index (χ3v) is 3.69. The minimum Gasteiger partial charge on any atom is -0.402 e. The number of hydrogen-bond acceptors (Lipinski definition) is 4. The average molecular weight is 320 g/mol. The molecular weight excluding hydrogens is 295 g/mol. The number of halogens is 1. The van der Waals surface area contributed by atoms with Crippen LogP contribution in [0.15, 0.2) is 41.6 Å². The SMILES string of the molecule is C/C(N)=C1/C(=N)N(C(C)C)C(=O)C(N)C1C.Fc1ccccc1. The number of likely N-dealkylation sites (tertiary alicyclic amines) is 1. The van der Waals surface area contributed by atoms with E-state index in [1.807, 2.05) is 20.8 Å². The number of piperidine rings is 1. The number of benzene rings is 1. The summed E-state index contributed by atoms with van der Waals surface area (Å²) in [5.74, 6) is -0.380. The fourth-order valence-corrected chi connectivity index (χ4v) is 2.48. The Hall–Kier alpha value is -2.21. The number of amidine groups is 1. The van der Waals surface area contributed by atoms with Crippen molar-refractivity contribution in [2.24, 2.45) is 17.4 Å². The molecule has 0 aromatic heterocycles. The lowest BCUT2D eigenvalue weighted by Gasteiger charge is -2.39. The third kappa shape index (κ3) is 4.39. The van der Waals surface area contributed by atoms with Gasteiger partial charge in [-0.1, -0.05) is 25.1 Å². The van der Waals surface area contributed by atoms with Crippen molar-refractivity contribution in [3.05, 3.63) is 47.4 Å². The van der Waals surface area contributed by atoms with Crippen molar-refractivity contribution in [1.82, 2.24) is 4.90 Å². The zero-order chi connectivity index (χ0) is 17.7. The van der Waals surface area contributed by atoms with E-state index in [4.69, 9.17) is 16.9 Å². The number of carbonyl (C=O) groups is 1. The first-order valence-corrected chi connectivity index (χ1v) is 7.52. The van der Waals surface area contributed by atoms with Gasteiger partial charge in [-0.3, -0.25) is 15.1 Å². The quantitative estimate of drug-likeness (QED) is 0.740. The van der Waals surface area contributed by atoms with Gasteiger partial charge in [-0.25, -0.2) is 4.39 Å². The molecule has 1 aromatic rings. The molecule has 1 aromatic carbocycles. The van der Waals surface area contributed by atoms with E-state index >= 15 is 0 Å². The van der Waals surface area contributed by atoms with Crippen LogP contribution < -0.4 is 11.5 Å². The van der Waals surface area contributed by atoms with Crippen LogP contribution in [0.3, 0.4) is 0 Å². The average Bonchev–Trinajstić information content (AvgIpc) is 2.46. The van der Waals surface area contributed by atoms with E-state index in [0.29, 0.717) is 11.3 Å². The smallest absolute Gasteiger partial charge is 0.245 e. The summed E-state index contributed by atoms with van der Waals surface area (Å²) < 4.78 is 11.9. The molecule has 23 heavy (non-hydrogen) atoms. The van der Waals surface area contributed by atoms with Crippen molar-refractivity contribution < 1.29 is 9.18 Å². The highest BCUT2D eigenvalue weighted by Crippen LogP contribution is 2.27. The minimum atomic E-state index is -0.606. The van der Waals surface area contributed by atoms with Crippen molar-refractivity contribution >= 4 is 11.7 Å². The number of nitrogens with one attached hydrogen (secondary N) is 1. The molecule has 1 aliphatic heterocycles. The van der Waals surface area contributed by atoms with Crippen LogP contribution in [-0.2, 0) is 4.79 Å². The van der Waals surface area contributed by atoms with Crippen LogP contribution in [-0.4, -0.2) is 28.7 Å². The van der Waals surface area contributed by atoms with Crippen LogP contribution in [0.4, 0.5) is 4.39 Å². The molecule has 2 rings (SSSR count). The van der Waals surface area contributed by atoms with Gasteiger partial charge in [-0.2, -0.15) is 0 Å². The number of carbonyl (C=O) groups excluding carboxylic acids is 1. The Morgan fingerprint density at radius 2 is 1.83 bits per heavy atom. The molecule has 1 fully saturated rings. The molecule has 2 unspecified atom stereocenters. The maximum atomic E-state index is 12.0. The van der Waals surface area contributed by atoms with Crippen molar-refractivity contribution in [2.45, 2.75) is 39.8 Å². The highest BCUT2D eigenvalue weighted by atomic mass is 19.1. The summed E-state index contributed by atoms with van der Waals surface area (Å²) >= 11 is 0. The maximum Gasteiger partial charge on any atom is 0.245 e. The molecule has 5 nitrogen and oxygen atoms in total. The summed E-state index contributed by atoms with van der Waals surface area (Å²) in [7, 11) is 0. The molecule has 0 bridgehead atoms. The van der Waals surface area contributed by atoms with Gasteiger partial charge in [0.2, 0.25) is 5.91 Å². The molecule has 126 valence electrons. The molecule has 1 aliphatic rings. The first-order valence-electron chi connectivity index (χ1n) is 7.52. The Bertz CT molecular complexity index is 594. The van der Waals surface area contributed by atoms with Crippen LogP contribution >= 0.6 is 0 Å². The molecule has 1 saturated heterocycles. The highest BCUT2D eigenvalue weighted by molar-refractivity contribution is 6.11. The predicted molar refractivity (Wildman–Crippen MR) is 90.1 cm³/mol. The summed E-state index contributed by atoms with van der Waals surface area (Å²) in [6, 6.07) is 7.26. The number of amides is 1. The standard InChI is InChI=1S/C11H20N4O.C6H5F/c1-5(2)15-10(14)8(7(4)12)6(3)9(13)11(15)16;7-6-4-2-1-3-5-6/h5-6,9,14H,12-13H2,1-4H3;1-5H/b8-7-,14-10?;. The first-order chi connectivity index (χ1) is 10.7. The Kier molecular flexibility index (Phi) is 6.45. The fraction of sp³-hybridized carbons (Fsp3) is 0.412. The van der Waals surface area contributed by atoms with Gasteiger partial charge in [0.05, 0.1) is 6.04 Å². The second-order valence-electron chi connectivity index (χ2n) is 5.86. The second-order valence-corrected chi connectivity index (χ2v) is 5.86. The van der Waals surface area contributed by atoms with Crippen molar-refractivity contribution in [1.29, 1.82) is 5.41 Å². The molecule has 0 saturated carbocycles. The Labute approximate surface area is 136 Å². The zero-order valence-electron chi connectivity index (χ0n) is 14.0. The van der Waals surface area contributed by atoms with Gasteiger partial charge in [0.1, 0.15) is 11.7 Å². The Morgan fingerprint density at radius 3 is 2.17 bits per heavy atom. The third-order valence-electron chi connectivity index (χ3n) is 3.69. The Balaban J connectivity index is 0.000000313. The zero-order valence-corrected chi connectivity index (χ0v) is 14.0. The summed E-state index contributed by atoms with van der Waals surface area (Å²) in [4.78, 5) is 13.4. The second kappa shape index (κ2) is 7.87. The van der Waals surface area contributed by atoms with Crippen molar-refractivity contribution in [3.63, 3.8) is 0 Å². The van der Waals surface area contributed by atoms with Gasteiger partial charge in [0.15, 0.2) is 0 Å². The first kappa shape index (κ1) is 18.8. The fourth-order valence-electron chi connectivity index (χ4n) is 2.48. The number of hydrogen-bond donors (Lipinski definition) is 3. The lowest BCUT2D eigenvalue weighted by Crippen LogP contribution is -2.58. The van der Waals surface area contributed by atoms with E-state index in [2.05, 4.69) is 0 Å². The van der Waals surface area contributed by atoms with Crippen LogP contribution in [0, 0.1) is 17.1 Å². The largest absolute Gasteiger partial charge is 0.402 e. The van der Waals surface area contributed by atoms with Gasteiger partial charge in [-0.05, 0) is 32.9 Å². The lowest BCUT2D eigenvalue weighted by atomic mass is 9.85. The van der Waals surface area contributed by atoms with Crippen LogP contribution in [0.2, 0.25) is 0 Å². The maximum absolute atomic E-state index is 12.0. The van der Waals surface area contributed by atoms with E-state index in [0.717, 1.165) is 0 Å². The van der Waals surface area contributed by atoms with Gasteiger partial charge >= 0.3 is 0 Å². The lowest BCUT2D eigenvalue weighted by molar-refractivity contribution is -0.131. The highest BCUT2D eigenvalue weighted by Gasteiger charge is 2.40. The number of nitrogens with zero attached hydrogens (tertiary/aromatic N) is 1. The monoisotopic (exact) mass is 320 g/mol. The molecule has 0 aliphatic carbocycles. The molecule has 6 heteroatoms. The molecule has 5 N–H and O–H groups in total. The van der Waals surface area contributed by atoms with Crippen LogP contribution in [0.25, 0.3) is 0 Å². The van der Waals surface area contributed by atoms with E-state index in [1.54, 1.807) is 25.1 Å². The predicted octanol–water partition coefficient (Wildman–Crippen LogP) is 2.24. The summed E-state index contributed by atoms with van der Waals surface area (Å²) in [6.45, 7) is 7.29. The van der Waals surface area contributed by atoms with Crippen LogP contribution in [0.1, 0.15) is 27.7 Å². The summed E-state index contributed by atoms with van der Waals surface area (Å²) in [5, 5.41) is 8.03. The van der Waals surface area contributed by atoms with Crippen LogP contribution in [0.5, 0.6) is 0 Å². The van der Waals surface area contributed by atoms with Gasteiger partial charge in [0.25, 0.3) is 0 Å². The normalized spacial score (nSPS) is 23.5. The molecule has 0 radical (unpaired) electrons. The van der Waals surface area contributed by atoms with E-state index in [9.17, 15) is 9.18 Å². The molecular formula is C17H25FN4O. The topological polar surface area (TPSA) is 96.2 Å². The van der Waals surface area contributed by atoms with Gasteiger partial charge in [0, 0.05) is 23.2 Å². The van der Waals surface area contributed by atoms with E-state index < -0.39 is 6.04 Å². The van der Waals surface area contributed by atoms with Crippen molar-refractivity contribution in [3.8, 4) is 0 Å². The molecule has 1 heterocycles. The molecule has 0 spiro atoms. The van der Waals surface area contributed by atoms with Crippen molar-refractivity contribution in [2.75, 3.05) is 0 Å². The molecule has 2 atom stereocenters. The molecule has 1 amide bonds. The van der Waals surface area contributed by atoms with Gasteiger partial charge < -0.3 is 11.5 Å². The summed E-state index contributed by atoms with van der Waals surface area (Å²) in [5.41, 5.74) is 12.9. The van der Waals surface area contributed by atoms with Gasteiger partial charge in [-0.15, -0.1) is 0 Å². The Morgan fingerprint density at radius 1 is 1.30 bits per heavy atom. The number of rotatable bonds is 1.